The van der Waals surface area contributed by atoms with Gasteiger partial charge < -0.3 is 10.3 Å². The summed E-state index contributed by atoms with van der Waals surface area (Å²) in [6.07, 6.45) is 0.622. The van der Waals surface area contributed by atoms with Crippen LogP contribution in [-0.2, 0) is 6.42 Å². The van der Waals surface area contributed by atoms with Gasteiger partial charge in [0.05, 0.1) is 0 Å². The van der Waals surface area contributed by atoms with Crippen LogP contribution in [0.2, 0.25) is 0 Å². The van der Waals surface area contributed by atoms with Gasteiger partial charge >= 0.3 is 0 Å². The molecule has 1 aromatic carbocycles. The molecule has 0 bridgehead atoms. The lowest BCUT2D eigenvalue weighted by Crippen LogP contribution is -2.02. The minimum absolute atomic E-state index is 0.521. The van der Waals surface area contributed by atoms with Gasteiger partial charge in [0.2, 0.25) is 11.7 Å². The van der Waals surface area contributed by atoms with Crippen molar-refractivity contribution in [2.75, 3.05) is 6.54 Å². The first-order valence-electron chi connectivity index (χ1n) is 5.72. The molecule has 1 aromatic heterocycles. The van der Waals surface area contributed by atoms with Crippen molar-refractivity contribution in [3.8, 4) is 11.4 Å². The molecule has 0 amide bonds. The molecule has 17 heavy (non-hydrogen) atoms. The molecule has 1 heterocycles. The van der Waals surface area contributed by atoms with Crippen molar-refractivity contribution in [2.45, 2.75) is 27.2 Å². The molecule has 0 saturated carbocycles. The van der Waals surface area contributed by atoms with E-state index in [1.807, 2.05) is 0 Å². The maximum Gasteiger partial charge on any atom is 0.228 e. The van der Waals surface area contributed by atoms with E-state index in [4.69, 9.17) is 10.3 Å². The first-order valence-corrected chi connectivity index (χ1v) is 5.72. The molecule has 2 rings (SSSR count). The highest BCUT2D eigenvalue weighted by Crippen LogP contribution is 2.25. The van der Waals surface area contributed by atoms with Crippen LogP contribution in [0.1, 0.15) is 22.6 Å². The molecule has 90 valence electrons. The van der Waals surface area contributed by atoms with Crippen molar-refractivity contribution in [3.05, 3.63) is 34.7 Å². The van der Waals surface area contributed by atoms with Crippen molar-refractivity contribution < 1.29 is 4.52 Å². The third kappa shape index (κ3) is 2.36. The van der Waals surface area contributed by atoms with Gasteiger partial charge in [-0.15, -0.1) is 0 Å². The zero-order chi connectivity index (χ0) is 12.4. The Morgan fingerprint density at radius 3 is 2.41 bits per heavy atom. The van der Waals surface area contributed by atoms with Gasteiger partial charge in [-0.2, -0.15) is 4.98 Å². The lowest BCUT2D eigenvalue weighted by Gasteiger charge is -2.06. The fourth-order valence-corrected chi connectivity index (χ4v) is 2.11. The number of rotatable bonds is 3. The zero-order valence-electron chi connectivity index (χ0n) is 10.4. The Bertz CT molecular complexity index is 508. The van der Waals surface area contributed by atoms with Crippen LogP contribution in [0.3, 0.4) is 0 Å². The highest BCUT2D eigenvalue weighted by molar-refractivity contribution is 5.64. The zero-order valence-corrected chi connectivity index (χ0v) is 10.4. The fraction of sp³-hybridized carbons (Fsp3) is 0.385. The monoisotopic (exact) mass is 231 g/mol. The molecular weight excluding hydrogens is 214 g/mol. The SMILES string of the molecule is Cc1cc(C)c(-c2noc(CCN)n2)c(C)c1. The number of aromatic nitrogens is 2. The van der Waals surface area contributed by atoms with Gasteiger partial charge in [-0.05, 0) is 31.9 Å². The van der Waals surface area contributed by atoms with Crippen molar-refractivity contribution in [2.24, 2.45) is 5.73 Å². The molecule has 0 spiro atoms. The average molecular weight is 231 g/mol. The lowest BCUT2D eigenvalue weighted by atomic mass is 9.99. The van der Waals surface area contributed by atoms with Crippen LogP contribution in [-0.4, -0.2) is 16.7 Å². The van der Waals surface area contributed by atoms with Crippen LogP contribution >= 0.6 is 0 Å². The molecule has 0 radical (unpaired) electrons. The number of hydrogen-bond donors (Lipinski definition) is 1. The number of nitrogens with zero attached hydrogens (tertiary/aromatic N) is 2. The van der Waals surface area contributed by atoms with Crippen molar-refractivity contribution in [3.63, 3.8) is 0 Å². The Kier molecular flexibility index (Phi) is 3.24. The van der Waals surface area contributed by atoms with Crippen LogP contribution in [0.4, 0.5) is 0 Å². The van der Waals surface area contributed by atoms with Gasteiger partial charge in [0.15, 0.2) is 0 Å². The van der Waals surface area contributed by atoms with E-state index in [-0.39, 0.29) is 0 Å². The molecule has 2 N–H and O–H groups in total. The van der Waals surface area contributed by atoms with Crippen LogP contribution in [0, 0.1) is 20.8 Å². The Morgan fingerprint density at radius 2 is 1.82 bits per heavy atom. The van der Waals surface area contributed by atoms with E-state index >= 15 is 0 Å². The summed E-state index contributed by atoms with van der Waals surface area (Å²) >= 11 is 0. The van der Waals surface area contributed by atoms with Crippen LogP contribution in [0.5, 0.6) is 0 Å². The Balaban J connectivity index is 2.45. The topological polar surface area (TPSA) is 64.9 Å². The van der Waals surface area contributed by atoms with Gasteiger partial charge in [0, 0.05) is 18.5 Å². The highest BCUT2D eigenvalue weighted by atomic mass is 16.5. The van der Waals surface area contributed by atoms with E-state index < -0.39 is 0 Å². The summed E-state index contributed by atoms with van der Waals surface area (Å²) in [5.74, 6) is 1.25. The molecule has 4 heteroatoms. The molecule has 0 aliphatic rings. The van der Waals surface area contributed by atoms with Gasteiger partial charge in [-0.1, -0.05) is 22.9 Å². The van der Waals surface area contributed by atoms with Crippen LogP contribution < -0.4 is 5.73 Å². The van der Waals surface area contributed by atoms with Gasteiger partial charge in [-0.3, -0.25) is 0 Å². The van der Waals surface area contributed by atoms with Crippen LogP contribution in [0.25, 0.3) is 11.4 Å². The standard InChI is InChI=1S/C13H17N3O/c1-8-6-9(2)12(10(3)7-8)13-15-11(4-5-14)17-16-13/h6-7H,4-5,14H2,1-3H3. The second-order valence-electron chi connectivity index (χ2n) is 4.32. The van der Waals surface area contributed by atoms with Gasteiger partial charge in [-0.25, -0.2) is 0 Å². The minimum Gasteiger partial charge on any atom is -0.339 e. The predicted octanol–water partition coefficient (Wildman–Crippen LogP) is 2.16. The van der Waals surface area contributed by atoms with E-state index in [1.165, 1.54) is 16.7 Å². The minimum atomic E-state index is 0.521. The van der Waals surface area contributed by atoms with Crippen molar-refractivity contribution in [1.82, 2.24) is 10.1 Å². The summed E-state index contributed by atoms with van der Waals surface area (Å²) in [5, 5.41) is 4.01. The molecule has 0 unspecified atom stereocenters. The Morgan fingerprint density at radius 1 is 1.18 bits per heavy atom. The number of aryl methyl sites for hydroxylation is 3. The van der Waals surface area contributed by atoms with E-state index in [9.17, 15) is 0 Å². The van der Waals surface area contributed by atoms with Crippen LogP contribution in [0.15, 0.2) is 16.7 Å². The van der Waals surface area contributed by atoms with E-state index in [0.717, 1.165) is 5.56 Å². The highest BCUT2D eigenvalue weighted by Gasteiger charge is 2.13. The quantitative estimate of drug-likeness (QED) is 0.879. The van der Waals surface area contributed by atoms with Gasteiger partial charge in [0.25, 0.3) is 0 Å². The average Bonchev–Trinajstić information content (AvgIpc) is 2.65. The molecule has 0 aliphatic heterocycles. The largest absolute Gasteiger partial charge is 0.339 e. The molecule has 0 aliphatic carbocycles. The third-order valence-electron chi connectivity index (χ3n) is 2.73. The first-order chi connectivity index (χ1) is 8.11. The van der Waals surface area contributed by atoms with E-state index in [0.29, 0.717) is 24.7 Å². The first kappa shape index (κ1) is 11.8. The number of benzene rings is 1. The van der Waals surface area contributed by atoms with E-state index in [1.54, 1.807) is 0 Å². The van der Waals surface area contributed by atoms with Gasteiger partial charge in [0.1, 0.15) is 0 Å². The molecule has 0 atom stereocenters. The molecule has 0 saturated heterocycles. The third-order valence-corrected chi connectivity index (χ3v) is 2.73. The Hall–Kier alpha value is -1.68. The summed E-state index contributed by atoms with van der Waals surface area (Å²) in [4.78, 5) is 4.36. The smallest absolute Gasteiger partial charge is 0.228 e. The summed E-state index contributed by atoms with van der Waals surface area (Å²) in [7, 11) is 0. The van der Waals surface area contributed by atoms with E-state index in [2.05, 4.69) is 43.0 Å². The number of nitrogens with two attached hydrogens (primary N) is 1. The summed E-state index contributed by atoms with van der Waals surface area (Å²) < 4.78 is 5.16. The second-order valence-corrected chi connectivity index (χ2v) is 4.32. The summed E-state index contributed by atoms with van der Waals surface area (Å²) in [6.45, 7) is 6.73. The number of hydrogen-bond acceptors (Lipinski definition) is 4. The maximum absolute atomic E-state index is 5.46. The Labute approximate surface area is 101 Å². The summed E-state index contributed by atoms with van der Waals surface area (Å²) in [5.41, 5.74) is 10.1. The predicted molar refractivity (Wildman–Crippen MR) is 66.7 cm³/mol. The lowest BCUT2D eigenvalue weighted by molar-refractivity contribution is 0.380. The molecular formula is C13H17N3O. The molecule has 4 nitrogen and oxygen atoms in total. The molecule has 2 aromatic rings. The normalized spacial score (nSPS) is 10.8. The molecule has 0 fully saturated rings. The second kappa shape index (κ2) is 4.67. The van der Waals surface area contributed by atoms with Crippen molar-refractivity contribution >= 4 is 0 Å². The fourth-order valence-electron chi connectivity index (χ4n) is 2.11. The van der Waals surface area contributed by atoms with Crippen molar-refractivity contribution in [1.29, 1.82) is 0 Å². The maximum atomic E-state index is 5.46. The summed E-state index contributed by atoms with van der Waals surface area (Å²) in [6, 6.07) is 4.25.